The van der Waals surface area contributed by atoms with Crippen molar-refractivity contribution < 1.29 is 9.47 Å². The molecule has 1 N–H and O–H groups in total. The molecule has 164 valence electrons. The Morgan fingerprint density at radius 1 is 0.938 bits per heavy atom. The molecule has 2 heterocycles. The van der Waals surface area contributed by atoms with Crippen LogP contribution >= 0.6 is 0 Å². The lowest BCUT2D eigenvalue weighted by molar-refractivity contribution is 0.216. The minimum absolute atomic E-state index is 0.0736. The monoisotopic (exact) mass is 427 g/mol. The van der Waals surface area contributed by atoms with Crippen LogP contribution in [0.3, 0.4) is 0 Å². The van der Waals surface area contributed by atoms with E-state index in [1.807, 2.05) is 30.3 Å². The molecular weight excluding hydrogens is 398 g/mol. The lowest BCUT2D eigenvalue weighted by Gasteiger charge is -2.34. The molecule has 0 amide bonds. The molecule has 5 nitrogen and oxygen atoms in total. The van der Waals surface area contributed by atoms with Gasteiger partial charge in [0.25, 0.3) is 0 Å². The van der Waals surface area contributed by atoms with Crippen LogP contribution < -0.4 is 14.9 Å². The van der Waals surface area contributed by atoms with Crippen LogP contribution in [0.4, 0.5) is 0 Å². The van der Waals surface area contributed by atoms with Gasteiger partial charge in [0.05, 0.1) is 13.2 Å². The first-order valence-corrected chi connectivity index (χ1v) is 11.2. The topological polar surface area (TPSA) is 46.1 Å². The summed E-state index contributed by atoms with van der Waals surface area (Å²) in [5.41, 5.74) is 8.26. The first kappa shape index (κ1) is 20.6. The van der Waals surface area contributed by atoms with E-state index in [1.165, 1.54) is 11.3 Å². The van der Waals surface area contributed by atoms with E-state index in [4.69, 9.17) is 14.6 Å². The first-order valence-electron chi connectivity index (χ1n) is 11.2. The molecule has 2 aliphatic rings. The molecule has 1 saturated heterocycles. The average Bonchev–Trinajstić information content (AvgIpc) is 3.27. The molecule has 5 heteroatoms. The van der Waals surface area contributed by atoms with Crippen LogP contribution in [0.1, 0.15) is 29.2 Å². The third-order valence-electron chi connectivity index (χ3n) is 6.36. The van der Waals surface area contributed by atoms with E-state index in [-0.39, 0.29) is 6.04 Å². The van der Waals surface area contributed by atoms with E-state index in [0.29, 0.717) is 12.5 Å². The van der Waals surface area contributed by atoms with Crippen molar-refractivity contribution in [3.05, 3.63) is 95.6 Å². The number of hydrogen-bond acceptors (Lipinski definition) is 5. The predicted octanol–water partition coefficient (Wildman–Crippen LogP) is 4.80. The van der Waals surface area contributed by atoms with Gasteiger partial charge in [-0.1, -0.05) is 72.8 Å². The van der Waals surface area contributed by atoms with Crippen molar-refractivity contribution in [3.63, 3.8) is 0 Å². The minimum atomic E-state index is 0.0736. The van der Waals surface area contributed by atoms with Crippen molar-refractivity contribution in [2.75, 3.05) is 20.2 Å². The molecule has 3 aromatic carbocycles. The van der Waals surface area contributed by atoms with Gasteiger partial charge in [0.1, 0.15) is 6.61 Å². The molecule has 1 fully saturated rings. The Kier molecular flexibility index (Phi) is 6.08. The average molecular weight is 428 g/mol. The molecule has 32 heavy (non-hydrogen) atoms. The van der Waals surface area contributed by atoms with Crippen molar-refractivity contribution in [2.45, 2.75) is 25.6 Å². The van der Waals surface area contributed by atoms with E-state index in [0.717, 1.165) is 48.7 Å². The van der Waals surface area contributed by atoms with Crippen molar-refractivity contribution in [1.29, 1.82) is 0 Å². The zero-order valence-electron chi connectivity index (χ0n) is 18.4. The summed E-state index contributed by atoms with van der Waals surface area (Å²) in [7, 11) is 1.70. The second-order valence-corrected chi connectivity index (χ2v) is 8.44. The number of hydrogen-bond donors (Lipinski definition) is 1. The zero-order chi connectivity index (χ0) is 21.8. The number of nitrogens with one attached hydrogen (secondary N) is 1. The van der Waals surface area contributed by atoms with Gasteiger partial charge in [-0.3, -0.25) is 4.90 Å². The third-order valence-corrected chi connectivity index (χ3v) is 6.36. The maximum Gasteiger partial charge on any atom is 0.167 e. The van der Waals surface area contributed by atoms with Gasteiger partial charge in [0.15, 0.2) is 11.5 Å². The summed E-state index contributed by atoms with van der Waals surface area (Å²) in [4.78, 5) is 2.53. The number of piperidine rings is 1. The fraction of sp³-hybridized carbons (Fsp3) is 0.296. The molecule has 0 aliphatic carbocycles. The summed E-state index contributed by atoms with van der Waals surface area (Å²) in [6.07, 6.45) is 0.991. The Hall–Kier alpha value is -3.31. The highest BCUT2D eigenvalue weighted by molar-refractivity contribution is 5.90. The molecule has 2 unspecified atom stereocenters. The normalized spacial score (nSPS) is 20.2. The number of hydrazone groups is 1. The van der Waals surface area contributed by atoms with E-state index in [1.54, 1.807) is 7.11 Å². The highest BCUT2D eigenvalue weighted by Crippen LogP contribution is 2.41. The molecule has 3 aromatic rings. The number of fused-ring (bicyclic) bond motifs is 1. The van der Waals surface area contributed by atoms with E-state index < -0.39 is 0 Å². The minimum Gasteiger partial charge on any atom is -0.493 e. The molecule has 2 atom stereocenters. The highest BCUT2D eigenvalue weighted by atomic mass is 16.5. The van der Waals surface area contributed by atoms with Gasteiger partial charge < -0.3 is 14.9 Å². The lowest BCUT2D eigenvalue weighted by atomic mass is 9.85. The van der Waals surface area contributed by atoms with Crippen LogP contribution in [0, 0.1) is 5.92 Å². The largest absolute Gasteiger partial charge is 0.493 e. The number of likely N-dealkylation sites (tertiary alicyclic amines) is 1. The molecular formula is C27H29N3O2. The fourth-order valence-electron chi connectivity index (χ4n) is 4.71. The number of para-hydroxylation sites is 1. The Morgan fingerprint density at radius 3 is 2.44 bits per heavy atom. The SMILES string of the molecule is COc1cccc(C2NN=C3CCN(Cc4ccccc4)CC32)c1OCc1ccccc1. The summed E-state index contributed by atoms with van der Waals surface area (Å²) < 4.78 is 12.0. The maximum atomic E-state index is 6.33. The van der Waals surface area contributed by atoms with Crippen LogP contribution in [0.25, 0.3) is 0 Å². The predicted molar refractivity (Wildman–Crippen MR) is 127 cm³/mol. The standard InChI is InChI=1S/C27H29N3O2/c1-31-25-14-8-13-22(27(25)32-19-21-11-6-3-7-12-21)26-23-18-30(16-15-24(23)28-29-26)17-20-9-4-2-5-10-20/h2-14,23,26,29H,15-19H2,1H3. The molecule has 2 aliphatic heterocycles. The Bertz CT molecular complexity index is 1070. The molecule has 0 aromatic heterocycles. The number of nitrogens with zero attached hydrogens (tertiary/aromatic N) is 2. The summed E-state index contributed by atoms with van der Waals surface area (Å²) >= 11 is 0. The van der Waals surface area contributed by atoms with Crippen LogP contribution in [-0.2, 0) is 13.2 Å². The van der Waals surface area contributed by atoms with Crippen LogP contribution in [0.2, 0.25) is 0 Å². The van der Waals surface area contributed by atoms with Gasteiger partial charge in [-0.15, -0.1) is 0 Å². The Balaban J connectivity index is 1.37. The number of methoxy groups -OCH3 is 1. The second-order valence-electron chi connectivity index (χ2n) is 8.44. The van der Waals surface area contributed by atoms with Crippen molar-refractivity contribution in [3.8, 4) is 11.5 Å². The molecule has 0 radical (unpaired) electrons. The fourth-order valence-corrected chi connectivity index (χ4v) is 4.71. The van der Waals surface area contributed by atoms with Gasteiger partial charge in [0, 0.05) is 43.2 Å². The Morgan fingerprint density at radius 2 is 1.69 bits per heavy atom. The first-order chi connectivity index (χ1) is 15.8. The van der Waals surface area contributed by atoms with Gasteiger partial charge in [0.2, 0.25) is 0 Å². The molecule has 5 rings (SSSR count). The Labute approximate surface area is 189 Å². The summed E-state index contributed by atoms with van der Waals surface area (Å²) in [6.45, 7) is 3.47. The maximum absolute atomic E-state index is 6.33. The number of benzene rings is 3. The van der Waals surface area contributed by atoms with E-state index >= 15 is 0 Å². The second kappa shape index (κ2) is 9.45. The van der Waals surface area contributed by atoms with Gasteiger partial charge >= 0.3 is 0 Å². The quantitative estimate of drug-likeness (QED) is 0.589. The molecule has 0 saturated carbocycles. The van der Waals surface area contributed by atoms with Crippen molar-refractivity contribution >= 4 is 5.71 Å². The summed E-state index contributed by atoms with van der Waals surface area (Å²) in [5, 5.41) is 4.72. The highest BCUT2D eigenvalue weighted by Gasteiger charge is 2.38. The van der Waals surface area contributed by atoms with Crippen LogP contribution in [-0.4, -0.2) is 30.8 Å². The van der Waals surface area contributed by atoms with Crippen molar-refractivity contribution in [2.24, 2.45) is 11.0 Å². The number of ether oxygens (including phenoxy) is 2. The third kappa shape index (κ3) is 4.34. The van der Waals surface area contributed by atoms with E-state index in [9.17, 15) is 0 Å². The van der Waals surface area contributed by atoms with Crippen LogP contribution in [0.5, 0.6) is 11.5 Å². The van der Waals surface area contributed by atoms with Crippen molar-refractivity contribution in [1.82, 2.24) is 10.3 Å². The molecule has 0 bridgehead atoms. The van der Waals surface area contributed by atoms with Crippen LogP contribution in [0.15, 0.2) is 84.0 Å². The summed E-state index contributed by atoms with van der Waals surface area (Å²) in [6, 6.07) is 27.1. The van der Waals surface area contributed by atoms with E-state index in [2.05, 4.69) is 58.9 Å². The van der Waals surface area contributed by atoms with Gasteiger partial charge in [-0.25, -0.2) is 0 Å². The zero-order valence-corrected chi connectivity index (χ0v) is 18.4. The number of rotatable bonds is 7. The van der Waals surface area contributed by atoms with Gasteiger partial charge in [-0.2, -0.15) is 5.10 Å². The summed E-state index contributed by atoms with van der Waals surface area (Å²) in [5.74, 6) is 1.87. The smallest absolute Gasteiger partial charge is 0.167 e. The molecule has 0 spiro atoms. The lowest BCUT2D eigenvalue weighted by Crippen LogP contribution is -2.41. The van der Waals surface area contributed by atoms with Gasteiger partial charge in [-0.05, 0) is 17.2 Å².